The zero-order chi connectivity index (χ0) is 11.7. The summed E-state index contributed by atoms with van der Waals surface area (Å²) in [7, 11) is -3.67. The maximum Gasteiger partial charge on any atom is 0.443 e. The molecular weight excluding hydrogens is 255 g/mol. The molecule has 0 saturated carbocycles. The fourth-order valence-electron chi connectivity index (χ4n) is 0.671. The molecule has 15 heavy (non-hydrogen) atoms. The molecule has 0 aliphatic rings. The molecular formula is C6H6F3NO3S2. The lowest BCUT2D eigenvalue weighted by atomic mass is 10.5. The van der Waals surface area contributed by atoms with Crippen molar-refractivity contribution in [2.75, 3.05) is 6.26 Å². The van der Waals surface area contributed by atoms with Gasteiger partial charge in [-0.3, -0.25) is 4.18 Å². The van der Waals surface area contributed by atoms with Gasteiger partial charge in [0.05, 0.1) is 11.9 Å². The van der Waals surface area contributed by atoms with Gasteiger partial charge in [-0.05, 0) is 0 Å². The predicted molar refractivity (Wildman–Crippen MR) is 46.7 cm³/mol. The number of aromatic nitrogens is 1. The Morgan fingerprint density at radius 2 is 2.13 bits per heavy atom. The van der Waals surface area contributed by atoms with Gasteiger partial charge in [-0.25, -0.2) is 4.98 Å². The summed E-state index contributed by atoms with van der Waals surface area (Å²) < 4.78 is 61.6. The third-order valence-corrected chi connectivity index (χ3v) is 2.70. The second-order valence-electron chi connectivity index (χ2n) is 2.61. The standard InChI is InChI=1S/C6H6F3NO3S2/c1-15(11,12)13-2-4-3-14-5(10-4)6(7,8)9/h3H,2H2,1H3. The SMILES string of the molecule is CS(=O)(=O)OCc1csc(C(F)(F)F)n1. The molecule has 0 spiro atoms. The molecule has 1 aromatic heterocycles. The Balaban J connectivity index is 2.70. The molecule has 9 heteroatoms. The maximum atomic E-state index is 12.1. The van der Waals surface area contributed by atoms with E-state index < -0.39 is 27.9 Å². The lowest BCUT2D eigenvalue weighted by Gasteiger charge is -1.99. The van der Waals surface area contributed by atoms with Crippen LogP contribution >= 0.6 is 11.3 Å². The van der Waals surface area contributed by atoms with Crippen molar-refractivity contribution in [3.63, 3.8) is 0 Å². The highest BCUT2D eigenvalue weighted by molar-refractivity contribution is 7.85. The van der Waals surface area contributed by atoms with Gasteiger partial charge in [0, 0.05) is 5.38 Å². The number of hydrogen-bond donors (Lipinski definition) is 0. The zero-order valence-electron chi connectivity index (χ0n) is 7.41. The van der Waals surface area contributed by atoms with Gasteiger partial charge in [0.1, 0.15) is 6.61 Å². The van der Waals surface area contributed by atoms with Crippen LogP contribution in [0.5, 0.6) is 0 Å². The van der Waals surface area contributed by atoms with Crippen molar-refractivity contribution < 1.29 is 25.8 Å². The molecule has 0 aromatic carbocycles. The van der Waals surface area contributed by atoms with Crippen LogP contribution in [0.1, 0.15) is 10.7 Å². The van der Waals surface area contributed by atoms with Crippen molar-refractivity contribution in [1.82, 2.24) is 4.98 Å². The first-order chi connectivity index (χ1) is 6.68. The van der Waals surface area contributed by atoms with E-state index in [9.17, 15) is 21.6 Å². The zero-order valence-corrected chi connectivity index (χ0v) is 9.04. The molecule has 0 aliphatic heterocycles. The summed E-state index contributed by atoms with van der Waals surface area (Å²) in [6, 6.07) is 0. The molecule has 0 bridgehead atoms. The van der Waals surface area contributed by atoms with Crippen molar-refractivity contribution >= 4 is 21.5 Å². The van der Waals surface area contributed by atoms with Gasteiger partial charge < -0.3 is 0 Å². The molecule has 0 fully saturated rings. The highest BCUT2D eigenvalue weighted by atomic mass is 32.2. The Bertz CT molecular complexity index is 437. The quantitative estimate of drug-likeness (QED) is 0.776. The van der Waals surface area contributed by atoms with E-state index in [2.05, 4.69) is 9.17 Å². The van der Waals surface area contributed by atoms with Crippen LogP contribution in [0, 0.1) is 0 Å². The molecule has 0 saturated heterocycles. The van der Waals surface area contributed by atoms with Crippen LogP contribution in [0.15, 0.2) is 5.38 Å². The van der Waals surface area contributed by atoms with Crippen LogP contribution in [-0.2, 0) is 27.1 Å². The first-order valence-electron chi connectivity index (χ1n) is 3.54. The Morgan fingerprint density at radius 3 is 2.53 bits per heavy atom. The van der Waals surface area contributed by atoms with Crippen molar-refractivity contribution in [3.8, 4) is 0 Å². The normalized spacial score (nSPS) is 13.1. The van der Waals surface area contributed by atoms with Gasteiger partial charge in [-0.2, -0.15) is 21.6 Å². The first-order valence-corrected chi connectivity index (χ1v) is 6.24. The Morgan fingerprint density at radius 1 is 1.53 bits per heavy atom. The number of thiazole rings is 1. The predicted octanol–water partition coefficient (Wildman–Crippen LogP) is 1.64. The van der Waals surface area contributed by atoms with Gasteiger partial charge in [-0.15, -0.1) is 11.3 Å². The highest BCUT2D eigenvalue weighted by Crippen LogP contribution is 2.31. The van der Waals surface area contributed by atoms with E-state index in [1.165, 1.54) is 0 Å². The molecule has 1 heterocycles. The maximum absolute atomic E-state index is 12.1. The summed E-state index contributed by atoms with van der Waals surface area (Å²) in [5.41, 5.74) is -0.0576. The molecule has 0 N–H and O–H groups in total. The lowest BCUT2D eigenvalue weighted by molar-refractivity contribution is -0.137. The van der Waals surface area contributed by atoms with Crippen molar-refractivity contribution in [2.45, 2.75) is 12.8 Å². The van der Waals surface area contributed by atoms with Gasteiger partial charge in [-0.1, -0.05) is 0 Å². The summed E-state index contributed by atoms with van der Waals surface area (Å²) in [6.07, 6.45) is -3.70. The van der Waals surface area contributed by atoms with Crippen molar-refractivity contribution in [2.24, 2.45) is 0 Å². The van der Waals surface area contributed by atoms with Gasteiger partial charge in [0.25, 0.3) is 10.1 Å². The fourth-order valence-corrected chi connectivity index (χ4v) is 1.68. The van der Waals surface area contributed by atoms with Crippen LogP contribution in [0.4, 0.5) is 13.2 Å². The fraction of sp³-hybridized carbons (Fsp3) is 0.500. The lowest BCUT2D eigenvalue weighted by Crippen LogP contribution is -2.06. The van der Waals surface area contributed by atoms with Crippen LogP contribution in [0.3, 0.4) is 0 Å². The molecule has 1 rings (SSSR count). The molecule has 0 unspecified atom stereocenters. The monoisotopic (exact) mass is 261 g/mol. The second kappa shape index (κ2) is 4.06. The highest BCUT2D eigenvalue weighted by Gasteiger charge is 2.34. The minimum absolute atomic E-state index is 0.0576. The average Bonchev–Trinajstić information content (AvgIpc) is 2.45. The molecule has 0 amide bonds. The van der Waals surface area contributed by atoms with Gasteiger partial charge >= 0.3 is 6.18 Å². The number of rotatable bonds is 3. The molecule has 0 atom stereocenters. The molecule has 4 nitrogen and oxygen atoms in total. The second-order valence-corrected chi connectivity index (χ2v) is 5.11. The summed E-state index contributed by atoms with van der Waals surface area (Å²) >= 11 is 0.396. The van der Waals surface area contributed by atoms with E-state index in [1.54, 1.807) is 0 Å². The number of nitrogens with zero attached hydrogens (tertiary/aromatic N) is 1. The van der Waals surface area contributed by atoms with Crippen LogP contribution in [0.25, 0.3) is 0 Å². The summed E-state index contributed by atoms with van der Waals surface area (Å²) in [5.74, 6) is 0. The molecule has 86 valence electrons. The van der Waals surface area contributed by atoms with E-state index in [-0.39, 0.29) is 5.69 Å². The average molecular weight is 261 g/mol. The van der Waals surface area contributed by atoms with Crippen molar-refractivity contribution in [1.29, 1.82) is 0 Å². The summed E-state index contributed by atoms with van der Waals surface area (Å²) in [6.45, 7) is -0.481. The van der Waals surface area contributed by atoms with E-state index >= 15 is 0 Å². The topological polar surface area (TPSA) is 56.3 Å². The summed E-state index contributed by atoms with van der Waals surface area (Å²) in [4.78, 5) is 3.19. The first kappa shape index (κ1) is 12.4. The van der Waals surface area contributed by atoms with E-state index in [0.29, 0.717) is 11.3 Å². The van der Waals surface area contributed by atoms with Gasteiger partial charge in [0.2, 0.25) is 0 Å². The van der Waals surface area contributed by atoms with E-state index in [4.69, 9.17) is 0 Å². The largest absolute Gasteiger partial charge is 0.443 e. The summed E-state index contributed by atoms with van der Waals surface area (Å²) in [5, 5.41) is 0.0863. The number of alkyl halides is 3. The number of halogens is 3. The van der Waals surface area contributed by atoms with Crippen molar-refractivity contribution in [3.05, 3.63) is 16.1 Å². The third kappa shape index (κ3) is 4.14. The minimum atomic E-state index is -4.51. The van der Waals surface area contributed by atoms with Crippen LogP contribution in [0.2, 0.25) is 0 Å². The smallest absolute Gasteiger partial charge is 0.264 e. The molecule has 0 aliphatic carbocycles. The third-order valence-electron chi connectivity index (χ3n) is 1.22. The Hall–Kier alpha value is -0.670. The Kier molecular flexibility index (Phi) is 3.36. The molecule has 0 radical (unpaired) electrons. The minimum Gasteiger partial charge on any atom is -0.264 e. The van der Waals surface area contributed by atoms with E-state index in [1.807, 2.05) is 0 Å². The number of hydrogen-bond acceptors (Lipinski definition) is 5. The van der Waals surface area contributed by atoms with E-state index in [0.717, 1.165) is 11.6 Å². The van der Waals surface area contributed by atoms with Crippen LogP contribution in [-0.4, -0.2) is 19.7 Å². The van der Waals surface area contributed by atoms with Crippen LogP contribution < -0.4 is 0 Å². The molecule has 1 aromatic rings. The van der Waals surface area contributed by atoms with Gasteiger partial charge in [0.15, 0.2) is 5.01 Å². The Labute approximate surface area is 87.8 Å².